The van der Waals surface area contributed by atoms with Crippen LogP contribution in [0.5, 0.6) is 5.75 Å². The molecular formula is C12H13BrClN3O. The molecule has 2 aromatic rings. The minimum absolute atomic E-state index is 0.386. The molecule has 6 heteroatoms. The van der Waals surface area contributed by atoms with Crippen LogP contribution in [0.15, 0.2) is 22.9 Å². The molecule has 0 saturated carbocycles. The van der Waals surface area contributed by atoms with Crippen LogP contribution >= 0.6 is 27.5 Å². The van der Waals surface area contributed by atoms with Crippen LogP contribution in [0.25, 0.3) is 0 Å². The highest BCUT2D eigenvalue weighted by atomic mass is 79.9. The number of ether oxygens (including phenoxy) is 1. The summed E-state index contributed by atoms with van der Waals surface area (Å²) < 4.78 is 8.29. The number of nitrogens with zero attached hydrogens (tertiary/aromatic N) is 3. The molecule has 96 valence electrons. The monoisotopic (exact) mass is 329 g/mol. The van der Waals surface area contributed by atoms with Gasteiger partial charge in [-0.1, -0.05) is 11.6 Å². The summed E-state index contributed by atoms with van der Waals surface area (Å²) in [5, 5.41) is 5.01. The van der Waals surface area contributed by atoms with Gasteiger partial charge in [-0.25, -0.2) is 4.98 Å². The first-order chi connectivity index (χ1) is 8.61. The Kier molecular flexibility index (Phi) is 4.24. The van der Waals surface area contributed by atoms with Gasteiger partial charge in [0, 0.05) is 6.54 Å². The van der Waals surface area contributed by atoms with Crippen molar-refractivity contribution in [3.05, 3.63) is 39.3 Å². The largest absolute Gasteiger partial charge is 0.486 e. The molecule has 0 unspecified atom stereocenters. The van der Waals surface area contributed by atoms with Gasteiger partial charge < -0.3 is 4.74 Å². The van der Waals surface area contributed by atoms with Crippen molar-refractivity contribution < 1.29 is 4.74 Å². The fraction of sp³-hybridized carbons (Fsp3) is 0.333. The zero-order chi connectivity index (χ0) is 13.1. The number of pyridine rings is 1. The average Bonchev–Trinajstić information content (AvgIpc) is 2.65. The third-order valence-corrected chi connectivity index (χ3v) is 3.49. The van der Waals surface area contributed by atoms with Gasteiger partial charge in [0.1, 0.15) is 17.0 Å². The van der Waals surface area contributed by atoms with E-state index < -0.39 is 0 Å². The van der Waals surface area contributed by atoms with E-state index in [9.17, 15) is 0 Å². The lowest BCUT2D eigenvalue weighted by atomic mass is 10.3. The second-order valence-corrected chi connectivity index (χ2v) is 4.96. The van der Waals surface area contributed by atoms with Gasteiger partial charge in [0.2, 0.25) is 0 Å². The van der Waals surface area contributed by atoms with Gasteiger partial charge in [0.15, 0.2) is 0 Å². The van der Waals surface area contributed by atoms with Gasteiger partial charge >= 0.3 is 0 Å². The SMILES string of the molecule is CCn1nc(C)c(Cl)c1COc1ccc(Br)nc1. The summed E-state index contributed by atoms with van der Waals surface area (Å²) in [5.41, 5.74) is 1.71. The molecule has 0 aliphatic carbocycles. The first-order valence-electron chi connectivity index (χ1n) is 5.58. The van der Waals surface area contributed by atoms with E-state index in [1.165, 1.54) is 0 Å². The second kappa shape index (κ2) is 5.71. The highest BCUT2D eigenvalue weighted by molar-refractivity contribution is 9.10. The van der Waals surface area contributed by atoms with Gasteiger partial charge in [-0.2, -0.15) is 5.10 Å². The maximum Gasteiger partial charge on any atom is 0.138 e. The molecule has 0 amide bonds. The fourth-order valence-corrected chi connectivity index (χ4v) is 2.03. The van der Waals surface area contributed by atoms with Crippen LogP contribution in [0.1, 0.15) is 18.3 Å². The van der Waals surface area contributed by atoms with Gasteiger partial charge in [-0.15, -0.1) is 0 Å². The highest BCUT2D eigenvalue weighted by Gasteiger charge is 2.12. The Morgan fingerprint density at radius 2 is 2.22 bits per heavy atom. The molecule has 4 nitrogen and oxygen atoms in total. The van der Waals surface area contributed by atoms with E-state index in [-0.39, 0.29) is 0 Å². The number of aryl methyl sites for hydroxylation is 2. The zero-order valence-corrected chi connectivity index (χ0v) is 12.5. The van der Waals surface area contributed by atoms with Gasteiger partial charge in [-0.05, 0) is 41.9 Å². The van der Waals surface area contributed by atoms with Crippen molar-refractivity contribution in [1.82, 2.24) is 14.8 Å². The van der Waals surface area contributed by atoms with Crippen LogP contribution in [0.2, 0.25) is 5.02 Å². The van der Waals surface area contributed by atoms with E-state index in [1.54, 1.807) is 6.20 Å². The summed E-state index contributed by atoms with van der Waals surface area (Å²) in [6, 6.07) is 3.68. The van der Waals surface area contributed by atoms with Crippen molar-refractivity contribution in [2.24, 2.45) is 0 Å². The maximum absolute atomic E-state index is 6.20. The minimum Gasteiger partial charge on any atom is -0.486 e. The molecule has 0 radical (unpaired) electrons. The van der Waals surface area contributed by atoms with Crippen LogP contribution in [0.3, 0.4) is 0 Å². The molecule has 0 fully saturated rings. The lowest BCUT2D eigenvalue weighted by Crippen LogP contribution is -2.06. The summed E-state index contributed by atoms with van der Waals surface area (Å²) in [6.45, 7) is 5.06. The molecule has 0 aromatic carbocycles. The smallest absolute Gasteiger partial charge is 0.138 e. The average molecular weight is 331 g/mol. The molecular weight excluding hydrogens is 318 g/mol. The second-order valence-electron chi connectivity index (χ2n) is 3.77. The summed E-state index contributed by atoms with van der Waals surface area (Å²) in [7, 11) is 0. The maximum atomic E-state index is 6.20. The Morgan fingerprint density at radius 1 is 1.44 bits per heavy atom. The van der Waals surface area contributed by atoms with Crippen LogP contribution < -0.4 is 4.74 Å². The Balaban J connectivity index is 2.12. The number of halogens is 2. The minimum atomic E-state index is 0.386. The van der Waals surface area contributed by atoms with E-state index in [4.69, 9.17) is 16.3 Å². The van der Waals surface area contributed by atoms with E-state index in [0.717, 1.165) is 22.5 Å². The normalized spacial score (nSPS) is 10.7. The molecule has 0 aliphatic heterocycles. The molecule has 0 bridgehead atoms. The first kappa shape index (κ1) is 13.4. The van der Waals surface area contributed by atoms with Crippen molar-refractivity contribution in [2.45, 2.75) is 27.0 Å². The summed E-state index contributed by atoms with van der Waals surface area (Å²) in [5.74, 6) is 0.704. The van der Waals surface area contributed by atoms with Crippen molar-refractivity contribution in [3.63, 3.8) is 0 Å². The quantitative estimate of drug-likeness (QED) is 0.804. The molecule has 2 aromatic heterocycles. The standard InChI is InChI=1S/C12H13BrClN3O/c1-3-17-10(12(14)8(2)16-17)7-18-9-4-5-11(13)15-6-9/h4-6H,3,7H2,1-2H3. The van der Waals surface area contributed by atoms with E-state index in [0.29, 0.717) is 17.4 Å². The number of hydrogen-bond donors (Lipinski definition) is 0. The topological polar surface area (TPSA) is 39.9 Å². The van der Waals surface area contributed by atoms with E-state index in [1.807, 2.05) is 30.7 Å². The number of rotatable bonds is 4. The Bertz CT molecular complexity index is 539. The Morgan fingerprint density at radius 3 is 2.83 bits per heavy atom. The Hall–Kier alpha value is -1.07. The summed E-state index contributed by atoms with van der Waals surface area (Å²) in [6.07, 6.45) is 1.66. The lowest BCUT2D eigenvalue weighted by Gasteiger charge is -2.08. The molecule has 18 heavy (non-hydrogen) atoms. The van der Waals surface area contributed by atoms with Crippen LogP contribution in [-0.2, 0) is 13.2 Å². The molecule has 2 heterocycles. The predicted molar refractivity (Wildman–Crippen MR) is 73.9 cm³/mol. The van der Waals surface area contributed by atoms with Crippen LogP contribution in [-0.4, -0.2) is 14.8 Å². The molecule has 0 spiro atoms. The van der Waals surface area contributed by atoms with Crippen LogP contribution in [0, 0.1) is 6.92 Å². The highest BCUT2D eigenvalue weighted by Crippen LogP contribution is 2.22. The number of hydrogen-bond acceptors (Lipinski definition) is 3. The van der Waals surface area contributed by atoms with Gasteiger partial charge in [0.05, 0.1) is 22.6 Å². The van der Waals surface area contributed by atoms with Crippen molar-refractivity contribution >= 4 is 27.5 Å². The first-order valence-corrected chi connectivity index (χ1v) is 6.75. The van der Waals surface area contributed by atoms with E-state index in [2.05, 4.69) is 26.0 Å². The fourth-order valence-electron chi connectivity index (χ4n) is 1.61. The van der Waals surface area contributed by atoms with Crippen molar-refractivity contribution in [2.75, 3.05) is 0 Å². The van der Waals surface area contributed by atoms with Gasteiger partial charge in [-0.3, -0.25) is 4.68 Å². The third-order valence-electron chi connectivity index (χ3n) is 2.53. The molecule has 0 atom stereocenters. The lowest BCUT2D eigenvalue weighted by molar-refractivity contribution is 0.291. The Labute approximate surface area is 119 Å². The van der Waals surface area contributed by atoms with Crippen molar-refractivity contribution in [3.8, 4) is 5.75 Å². The zero-order valence-electron chi connectivity index (χ0n) is 10.2. The van der Waals surface area contributed by atoms with Crippen LogP contribution in [0.4, 0.5) is 0 Å². The third kappa shape index (κ3) is 2.84. The molecule has 2 rings (SSSR count). The summed E-state index contributed by atoms with van der Waals surface area (Å²) >= 11 is 9.48. The predicted octanol–water partition coefficient (Wildman–Crippen LogP) is 3.60. The molecule has 0 N–H and O–H groups in total. The van der Waals surface area contributed by atoms with E-state index >= 15 is 0 Å². The van der Waals surface area contributed by atoms with Gasteiger partial charge in [0.25, 0.3) is 0 Å². The summed E-state index contributed by atoms with van der Waals surface area (Å²) in [4.78, 5) is 4.10. The van der Waals surface area contributed by atoms with Crippen molar-refractivity contribution in [1.29, 1.82) is 0 Å². The molecule has 0 saturated heterocycles. The molecule has 0 aliphatic rings. The number of aromatic nitrogens is 3.